The number of hydrogen-bond acceptors (Lipinski definition) is 2. The summed E-state index contributed by atoms with van der Waals surface area (Å²) >= 11 is 0. The van der Waals surface area contributed by atoms with Crippen LogP contribution in [0, 0.1) is 0 Å². The monoisotopic (exact) mass is 238 g/mol. The fourth-order valence-electron chi connectivity index (χ4n) is 1.35. The number of rotatable bonds is 7. The molecule has 0 aromatic carbocycles. The van der Waals surface area contributed by atoms with Crippen molar-refractivity contribution in [3.8, 4) is 0 Å². The van der Waals surface area contributed by atoms with Crippen LogP contribution in [-0.4, -0.2) is 21.9 Å². The van der Waals surface area contributed by atoms with E-state index in [4.69, 9.17) is 0 Å². The number of hydrogen-bond donors (Lipinski definition) is 2. The average molecular weight is 238 g/mol. The van der Waals surface area contributed by atoms with E-state index < -0.39 is 11.7 Å². The minimum absolute atomic E-state index is 0.593. The Hall–Kier alpha value is -0.860. The molecule has 2 nitrogen and oxygen atoms in total. The van der Waals surface area contributed by atoms with Crippen LogP contribution in [0.5, 0.6) is 0 Å². The van der Waals surface area contributed by atoms with Crippen LogP contribution in [0.1, 0.15) is 47.0 Å². The van der Waals surface area contributed by atoms with Gasteiger partial charge >= 0.3 is 0 Å². The predicted molar refractivity (Wildman–Crippen MR) is 73.9 cm³/mol. The van der Waals surface area contributed by atoms with Crippen LogP contribution in [0.4, 0.5) is 0 Å². The van der Waals surface area contributed by atoms with Gasteiger partial charge in [0.1, 0.15) is 0 Å². The van der Waals surface area contributed by atoms with E-state index in [9.17, 15) is 10.2 Å². The van der Waals surface area contributed by atoms with Gasteiger partial charge in [0, 0.05) is 0 Å². The zero-order chi connectivity index (χ0) is 13.5. The van der Waals surface area contributed by atoms with Crippen LogP contribution in [0.2, 0.25) is 0 Å². The summed E-state index contributed by atoms with van der Waals surface area (Å²) in [5, 5.41) is 19.3. The van der Waals surface area contributed by atoms with Crippen LogP contribution >= 0.6 is 0 Å². The van der Waals surface area contributed by atoms with Crippen LogP contribution in [0.3, 0.4) is 0 Å². The van der Waals surface area contributed by atoms with Crippen LogP contribution in [-0.2, 0) is 0 Å². The third-order valence-electron chi connectivity index (χ3n) is 2.86. The fraction of sp³-hybridized carbons (Fsp3) is 0.600. The molecule has 0 saturated heterocycles. The van der Waals surface area contributed by atoms with Crippen molar-refractivity contribution < 1.29 is 10.2 Å². The molecular weight excluding hydrogens is 212 g/mol. The molecule has 0 unspecified atom stereocenters. The Morgan fingerprint density at radius 3 is 2.35 bits per heavy atom. The second kappa shape index (κ2) is 7.46. The Balaban J connectivity index is 4.06. The topological polar surface area (TPSA) is 40.5 Å². The molecule has 0 aliphatic heterocycles. The van der Waals surface area contributed by atoms with Gasteiger partial charge in [0.05, 0.1) is 11.7 Å². The van der Waals surface area contributed by atoms with E-state index in [1.807, 2.05) is 19.9 Å². The molecule has 0 saturated carbocycles. The maximum absolute atomic E-state index is 9.68. The van der Waals surface area contributed by atoms with Gasteiger partial charge in [-0.3, -0.25) is 0 Å². The van der Waals surface area contributed by atoms with Crippen molar-refractivity contribution in [1.82, 2.24) is 0 Å². The molecule has 0 amide bonds. The highest BCUT2D eigenvalue weighted by molar-refractivity contribution is 5.15. The van der Waals surface area contributed by atoms with Gasteiger partial charge in [0.25, 0.3) is 0 Å². The predicted octanol–water partition coefficient (Wildman–Crippen LogP) is 3.37. The lowest BCUT2D eigenvalue weighted by atomic mass is 9.95. The molecule has 17 heavy (non-hydrogen) atoms. The molecule has 2 N–H and O–H groups in total. The Kier molecular flexibility index (Phi) is 7.09. The summed E-state index contributed by atoms with van der Waals surface area (Å²) in [7, 11) is 0. The maximum atomic E-state index is 9.68. The molecule has 0 fully saturated rings. The first-order valence-electron chi connectivity index (χ1n) is 6.12. The average Bonchev–Trinajstić information content (AvgIpc) is 2.24. The summed E-state index contributed by atoms with van der Waals surface area (Å²) in [6, 6.07) is 0. The normalized spacial score (nSPS) is 15.9. The largest absolute Gasteiger partial charge is 0.390 e. The summed E-state index contributed by atoms with van der Waals surface area (Å²) < 4.78 is 0. The molecule has 0 radical (unpaired) electrons. The molecular formula is C15H26O2. The van der Waals surface area contributed by atoms with Crippen LogP contribution in [0.15, 0.2) is 36.0 Å². The highest BCUT2D eigenvalue weighted by Crippen LogP contribution is 2.16. The van der Waals surface area contributed by atoms with Crippen molar-refractivity contribution in [2.75, 3.05) is 0 Å². The van der Waals surface area contributed by atoms with Crippen LogP contribution < -0.4 is 0 Å². The Labute approximate surface area is 105 Å². The molecule has 0 aliphatic carbocycles. The molecule has 0 rings (SSSR count). The number of aliphatic hydroxyl groups excluding tert-OH is 1. The summed E-state index contributed by atoms with van der Waals surface area (Å²) in [6.45, 7) is 11.0. The van der Waals surface area contributed by atoms with E-state index in [2.05, 4.69) is 18.7 Å². The summed E-state index contributed by atoms with van der Waals surface area (Å²) in [6.07, 6.45) is 7.72. The molecule has 0 bridgehead atoms. The smallest absolute Gasteiger partial charge is 0.0849 e. The lowest BCUT2D eigenvalue weighted by Crippen LogP contribution is -2.35. The number of allylic oxidation sites excluding steroid dienone is 5. The van der Waals surface area contributed by atoms with Gasteiger partial charge in [0.2, 0.25) is 0 Å². The van der Waals surface area contributed by atoms with Gasteiger partial charge < -0.3 is 10.2 Å². The second-order valence-electron chi connectivity index (χ2n) is 5.15. The van der Waals surface area contributed by atoms with Crippen LogP contribution in [0.25, 0.3) is 0 Å². The summed E-state index contributed by atoms with van der Waals surface area (Å²) in [5.74, 6) is 0. The second-order valence-corrected chi connectivity index (χ2v) is 5.15. The lowest BCUT2D eigenvalue weighted by molar-refractivity contribution is -0.0509. The van der Waals surface area contributed by atoms with Crippen molar-refractivity contribution in [2.24, 2.45) is 0 Å². The van der Waals surface area contributed by atoms with Gasteiger partial charge in [-0.15, -0.1) is 0 Å². The first-order chi connectivity index (χ1) is 7.77. The highest BCUT2D eigenvalue weighted by atomic mass is 16.3. The third kappa shape index (κ3) is 7.94. The Bertz CT molecular complexity index is 293. The van der Waals surface area contributed by atoms with E-state index in [-0.39, 0.29) is 0 Å². The zero-order valence-electron chi connectivity index (χ0n) is 11.5. The minimum Gasteiger partial charge on any atom is -0.390 e. The van der Waals surface area contributed by atoms with Gasteiger partial charge in [-0.2, -0.15) is 0 Å². The molecule has 1 atom stereocenters. The van der Waals surface area contributed by atoms with E-state index in [1.54, 1.807) is 13.8 Å². The van der Waals surface area contributed by atoms with Crippen molar-refractivity contribution in [3.05, 3.63) is 36.0 Å². The maximum Gasteiger partial charge on any atom is 0.0849 e. The van der Waals surface area contributed by atoms with Crippen molar-refractivity contribution in [2.45, 2.75) is 58.7 Å². The first kappa shape index (κ1) is 16.1. The van der Waals surface area contributed by atoms with E-state index in [1.165, 1.54) is 11.1 Å². The Morgan fingerprint density at radius 1 is 1.29 bits per heavy atom. The number of aliphatic hydroxyl groups is 2. The van der Waals surface area contributed by atoms with Gasteiger partial charge in [-0.1, -0.05) is 36.0 Å². The van der Waals surface area contributed by atoms with Gasteiger partial charge in [-0.25, -0.2) is 0 Å². The molecule has 98 valence electrons. The standard InChI is InChI=1S/C15H26O2/c1-6-12(2)8-7-9-13(3)10-11-14(16)15(4,5)17/h6,8-9,14,16-17H,1,7,10-11H2,2-5H3/b12-8+,13-9+/t14-/m0/s1. The van der Waals surface area contributed by atoms with Gasteiger partial charge in [0.15, 0.2) is 0 Å². The van der Waals surface area contributed by atoms with E-state index in [0.717, 1.165) is 12.8 Å². The van der Waals surface area contributed by atoms with Crippen molar-refractivity contribution in [3.63, 3.8) is 0 Å². The molecule has 0 spiro atoms. The SMILES string of the molecule is C=C/C(C)=C/C/C=C(\C)CC[C@H](O)C(C)(C)O. The lowest BCUT2D eigenvalue weighted by Gasteiger charge is -2.24. The highest BCUT2D eigenvalue weighted by Gasteiger charge is 2.23. The zero-order valence-corrected chi connectivity index (χ0v) is 11.5. The fourth-order valence-corrected chi connectivity index (χ4v) is 1.35. The summed E-state index contributed by atoms with van der Waals surface area (Å²) in [5.41, 5.74) is 1.39. The molecule has 2 heteroatoms. The third-order valence-corrected chi connectivity index (χ3v) is 2.86. The van der Waals surface area contributed by atoms with E-state index in [0.29, 0.717) is 6.42 Å². The molecule has 0 aromatic rings. The molecule has 0 heterocycles. The van der Waals surface area contributed by atoms with Gasteiger partial charge in [-0.05, 0) is 47.0 Å². The molecule has 0 aliphatic rings. The van der Waals surface area contributed by atoms with Crippen molar-refractivity contribution in [1.29, 1.82) is 0 Å². The minimum atomic E-state index is -1.01. The summed E-state index contributed by atoms with van der Waals surface area (Å²) in [4.78, 5) is 0. The van der Waals surface area contributed by atoms with E-state index >= 15 is 0 Å². The molecule has 0 aromatic heterocycles. The quantitative estimate of drug-likeness (QED) is 0.527. The Morgan fingerprint density at radius 2 is 1.88 bits per heavy atom. The first-order valence-corrected chi connectivity index (χ1v) is 6.12. The van der Waals surface area contributed by atoms with Crippen molar-refractivity contribution >= 4 is 0 Å².